The number of aromatic nitrogens is 2. The number of piperidine rings is 1. The van der Waals surface area contributed by atoms with E-state index < -0.39 is 0 Å². The molecule has 2 aromatic rings. The summed E-state index contributed by atoms with van der Waals surface area (Å²) < 4.78 is 0. The van der Waals surface area contributed by atoms with Gasteiger partial charge in [0, 0.05) is 31.2 Å². The summed E-state index contributed by atoms with van der Waals surface area (Å²) in [5.41, 5.74) is 3.66. The Labute approximate surface area is 127 Å². The first kappa shape index (κ1) is 14.2. The van der Waals surface area contributed by atoms with Gasteiger partial charge in [-0.3, -0.25) is 14.9 Å². The monoisotopic (exact) mass is 281 g/mol. The molecule has 3 nitrogen and oxygen atoms in total. The molecule has 110 valence electrons. The minimum Gasteiger partial charge on any atom is -0.297 e. The molecule has 3 heterocycles. The topological polar surface area (TPSA) is 29.0 Å². The molecule has 21 heavy (non-hydrogen) atoms. The Morgan fingerprint density at radius 1 is 1.24 bits per heavy atom. The minimum atomic E-state index is 0.743. The largest absolute Gasteiger partial charge is 0.297 e. The number of rotatable bonds is 4. The maximum Gasteiger partial charge on any atom is 0.0547 e. The highest BCUT2D eigenvalue weighted by Gasteiger charge is 2.20. The summed E-state index contributed by atoms with van der Waals surface area (Å²) in [5.74, 6) is 0.743. The van der Waals surface area contributed by atoms with Crippen molar-refractivity contribution in [1.82, 2.24) is 14.9 Å². The highest BCUT2D eigenvalue weighted by Crippen LogP contribution is 2.21. The van der Waals surface area contributed by atoms with Gasteiger partial charge in [0.15, 0.2) is 0 Å². The number of hydrogen-bond donors (Lipinski definition) is 0. The third-order valence-corrected chi connectivity index (χ3v) is 4.18. The van der Waals surface area contributed by atoms with Crippen molar-refractivity contribution in [2.75, 3.05) is 13.1 Å². The fourth-order valence-corrected chi connectivity index (χ4v) is 3.23. The van der Waals surface area contributed by atoms with E-state index >= 15 is 0 Å². The van der Waals surface area contributed by atoms with E-state index in [4.69, 9.17) is 0 Å². The van der Waals surface area contributed by atoms with Crippen molar-refractivity contribution in [3.05, 3.63) is 59.7 Å². The number of nitrogens with zero attached hydrogens (tertiary/aromatic N) is 3. The Bertz CT molecular complexity index is 568. The van der Waals surface area contributed by atoms with Crippen molar-refractivity contribution >= 4 is 0 Å². The van der Waals surface area contributed by atoms with Gasteiger partial charge in [0.05, 0.1) is 5.69 Å². The molecule has 0 spiro atoms. The molecule has 1 fully saturated rings. The molecule has 0 aromatic carbocycles. The Morgan fingerprint density at radius 3 is 3.00 bits per heavy atom. The van der Waals surface area contributed by atoms with E-state index in [1.54, 1.807) is 0 Å². The first-order valence-corrected chi connectivity index (χ1v) is 7.83. The SMILES string of the molecule is Cc1cccc(CN2CCC[C@H](Cc3cccnc3)C2)n1. The van der Waals surface area contributed by atoms with Crippen molar-refractivity contribution in [1.29, 1.82) is 0 Å². The average Bonchev–Trinajstić information content (AvgIpc) is 2.49. The minimum absolute atomic E-state index is 0.743. The first-order chi connectivity index (χ1) is 10.3. The molecule has 0 amide bonds. The van der Waals surface area contributed by atoms with Gasteiger partial charge in [-0.25, -0.2) is 0 Å². The third-order valence-electron chi connectivity index (χ3n) is 4.18. The number of pyridine rings is 2. The maximum atomic E-state index is 4.62. The van der Waals surface area contributed by atoms with E-state index in [0.717, 1.165) is 24.6 Å². The lowest BCUT2D eigenvalue weighted by atomic mass is 9.92. The predicted molar refractivity (Wildman–Crippen MR) is 84.9 cm³/mol. The molecule has 0 saturated carbocycles. The van der Waals surface area contributed by atoms with Crippen LogP contribution in [0.1, 0.15) is 29.8 Å². The zero-order chi connectivity index (χ0) is 14.5. The van der Waals surface area contributed by atoms with Crippen LogP contribution in [0, 0.1) is 12.8 Å². The van der Waals surface area contributed by atoms with E-state index in [2.05, 4.69) is 46.1 Å². The number of aryl methyl sites for hydroxylation is 1. The summed E-state index contributed by atoms with van der Waals surface area (Å²) in [6.45, 7) is 5.40. The molecule has 0 radical (unpaired) electrons. The Balaban J connectivity index is 1.58. The van der Waals surface area contributed by atoms with Crippen LogP contribution < -0.4 is 0 Å². The third kappa shape index (κ3) is 4.11. The van der Waals surface area contributed by atoms with Crippen LogP contribution in [-0.2, 0) is 13.0 Å². The summed E-state index contributed by atoms with van der Waals surface area (Å²) >= 11 is 0. The van der Waals surface area contributed by atoms with Crippen LogP contribution >= 0.6 is 0 Å². The quantitative estimate of drug-likeness (QED) is 0.861. The molecule has 0 N–H and O–H groups in total. The van der Waals surface area contributed by atoms with E-state index in [1.165, 1.54) is 37.2 Å². The van der Waals surface area contributed by atoms with Crippen molar-refractivity contribution in [3.63, 3.8) is 0 Å². The summed E-state index contributed by atoms with van der Waals surface area (Å²) in [6.07, 6.45) is 7.61. The van der Waals surface area contributed by atoms with Gasteiger partial charge in [-0.2, -0.15) is 0 Å². The fourth-order valence-electron chi connectivity index (χ4n) is 3.23. The molecule has 1 saturated heterocycles. The van der Waals surface area contributed by atoms with E-state index in [0.29, 0.717) is 0 Å². The smallest absolute Gasteiger partial charge is 0.0547 e. The second-order valence-corrected chi connectivity index (χ2v) is 6.08. The average molecular weight is 281 g/mol. The van der Waals surface area contributed by atoms with Gasteiger partial charge in [0.1, 0.15) is 0 Å². The van der Waals surface area contributed by atoms with Crippen LogP contribution in [0.2, 0.25) is 0 Å². The van der Waals surface area contributed by atoms with Gasteiger partial charge >= 0.3 is 0 Å². The molecular weight excluding hydrogens is 258 g/mol. The van der Waals surface area contributed by atoms with Gasteiger partial charge in [0.2, 0.25) is 0 Å². The van der Waals surface area contributed by atoms with Crippen molar-refractivity contribution < 1.29 is 0 Å². The molecule has 1 aliphatic rings. The molecule has 1 atom stereocenters. The molecular formula is C18H23N3. The maximum absolute atomic E-state index is 4.62. The van der Waals surface area contributed by atoms with Crippen LogP contribution in [0.5, 0.6) is 0 Å². The van der Waals surface area contributed by atoms with Crippen molar-refractivity contribution in [3.8, 4) is 0 Å². The van der Waals surface area contributed by atoms with Gasteiger partial charge in [-0.15, -0.1) is 0 Å². The Kier molecular flexibility index (Phi) is 4.61. The second-order valence-electron chi connectivity index (χ2n) is 6.08. The van der Waals surface area contributed by atoms with Crippen LogP contribution in [0.15, 0.2) is 42.7 Å². The Hall–Kier alpha value is -1.74. The molecule has 3 rings (SSSR count). The lowest BCUT2D eigenvalue weighted by Gasteiger charge is -2.32. The zero-order valence-corrected chi connectivity index (χ0v) is 12.7. The lowest BCUT2D eigenvalue weighted by molar-refractivity contribution is 0.165. The predicted octanol–water partition coefficient (Wildman–Crippen LogP) is 3.24. The van der Waals surface area contributed by atoms with E-state index in [-0.39, 0.29) is 0 Å². The zero-order valence-electron chi connectivity index (χ0n) is 12.7. The van der Waals surface area contributed by atoms with Crippen molar-refractivity contribution in [2.24, 2.45) is 5.92 Å². The second kappa shape index (κ2) is 6.81. The molecule has 2 aromatic heterocycles. The summed E-state index contributed by atoms with van der Waals surface area (Å²) in [5, 5.41) is 0. The standard InChI is InChI=1S/C18H23N3/c1-15-5-2-8-18(20-15)14-21-10-4-7-17(13-21)11-16-6-3-9-19-12-16/h2-3,5-6,8-9,12,17H,4,7,10-11,13-14H2,1H3/t17-/m1/s1. The highest BCUT2D eigenvalue weighted by molar-refractivity contribution is 5.11. The molecule has 1 aliphatic heterocycles. The number of likely N-dealkylation sites (tertiary alicyclic amines) is 1. The van der Waals surface area contributed by atoms with Crippen molar-refractivity contribution in [2.45, 2.75) is 32.7 Å². The van der Waals surface area contributed by atoms with Crippen LogP contribution in [0.25, 0.3) is 0 Å². The lowest BCUT2D eigenvalue weighted by Crippen LogP contribution is -2.36. The Morgan fingerprint density at radius 2 is 2.19 bits per heavy atom. The molecule has 0 unspecified atom stereocenters. The van der Waals surface area contributed by atoms with Crippen LogP contribution in [0.3, 0.4) is 0 Å². The summed E-state index contributed by atoms with van der Waals surface area (Å²) in [4.78, 5) is 11.4. The first-order valence-electron chi connectivity index (χ1n) is 7.83. The van der Waals surface area contributed by atoms with Crippen LogP contribution in [-0.4, -0.2) is 28.0 Å². The van der Waals surface area contributed by atoms with E-state index in [9.17, 15) is 0 Å². The normalized spacial score (nSPS) is 19.6. The van der Waals surface area contributed by atoms with Gasteiger partial charge in [0.25, 0.3) is 0 Å². The highest BCUT2D eigenvalue weighted by atomic mass is 15.1. The number of hydrogen-bond acceptors (Lipinski definition) is 3. The van der Waals surface area contributed by atoms with Crippen LogP contribution in [0.4, 0.5) is 0 Å². The van der Waals surface area contributed by atoms with E-state index in [1.807, 2.05) is 18.5 Å². The van der Waals surface area contributed by atoms with Gasteiger partial charge in [-0.1, -0.05) is 12.1 Å². The summed E-state index contributed by atoms with van der Waals surface area (Å²) in [7, 11) is 0. The van der Waals surface area contributed by atoms with Gasteiger partial charge in [-0.05, 0) is 62.4 Å². The molecule has 0 aliphatic carbocycles. The molecule has 3 heteroatoms. The molecule has 0 bridgehead atoms. The fraction of sp³-hybridized carbons (Fsp3) is 0.444. The van der Waals surface area contributed by atoms with Gasteiger partial charge < -0.3 is 0 Å². The summed E-state index contributed by atoms with van der Waals surface area (Å²) in [6, 6.07) is 10.5.